The Hall–Kier alpha value is -3.32. The molecule has 0 saturated carbocycles. The monoisotopic (exact) mass is 464 g/mol. The number of hydrogen-bond donors (Lipinski definition) is 1. The van der Waals surface area contributed by atoms with Gasteiger partial charge in [-0.05, 0) is 29.8 Å². The van der Waals surface area contributed by atoms with Crippen LogP contribution < -0.4 is 4.74 Å². The first-order chi connectivity index (χ1) is 14.6. The third kappa shape index (κ3) is 8.36. The smallest absolute Gasteiger partial charge is 0.187 e. The lowest BCUT2D eigenvalue weighted by atomic mass is 10.2. The van der Waals surface area contributed by atoms with Gasteiger partial charge in [-0.2, -0.15) is 0 Å². The largest absolute Gasteiger partial charge is 0.508 e. The molecule has 0 fully saturated rings. The number of ether oxygens (including phenoxy) is 2. The van der Waals surface area contributed by atoms with Crippen LogP contribution in [0.2, 0.25) is 0 Å². The normalized spacial score (nSPS) is 10.6. The molecule has 6 heteroatoms. The van der Waals surface area contributed by atoms with E-state index in [-0.39, 0.29) is 11.9 Å². The number of halogens is 1. The van der Waals surface area contributed by atoms with Gasteiger partial charge in [-0.1, -0.05) is 70.5 Å². The van der Waals surface area contributed by atoms with Crippen molar-refractivity contribution in [1.82, 2.24) is 0 Å². The molecule has 3 rings (SSSR count). The number of phenolic OH excluding ortho intramolecular Hbond substituents is 1. The summed E-state index contributed by atoms with van der Waals surface area (Å²) >= 11 is 3.44. The average molecular weight is 465 g/mol. The Bertz CT molecular complexity index is 963. The van der Waals surface area contributed by atoms with Crippen molar-refractivity contribution < 1.29 is 14.6 Å². The molecule has 0 saturated heterocycles. The van der Waals surface area contributed by atoms with Gasteiger partial charge in [0.15, 0.2) is 11.4 Å². The summed E-state index contributed by atoms with van der Waals surface area (Å²) in [4.78, 5) is 6.50. The van der Waals surface area contributed by atoms with Crippen LogP contribution in [0.4, 0.5) is 11.4 Å². The third-order valence-corrected chi connectivity index (χ3v) is 4.60. The van der Waals surface area contributed by atoms with E-state index in [2.05, 4.69) is 25.6 Å². The molecule has 1 unspecified atom stereocenters. The van der Waals surface area contributed by atoms with Crippen molar-refractivity contribution in [2.45, 2.75) is 12.7 Å². The first-order valence-electron chi connectivity index (χ1n) is 9.13. The minimum atomic E-state index is -0.0225. The van der Waals surface area contributed by atoms with E-state index < -0.39 is 0 Å². The highest BCUT2D eigenvalue weighted by atomic mass is 79.9. The number of phenols is 1. The molecule has 30 heavy (non-hydrogen) atoms. The SMILES string of the molecule is [C-]#[N+]c1ccc(O)cc1.[C-]#[N+]c1ccc(OCC(CBr)OCc2ccccc2)cc1. The Labute approximate surface area is 185 Å². The third-order valence-electron chi connectivity index (χ3n) is 3.88. The van der Waals surface area contributed by atoms with E-state index in [9.17, 15) is 0 Å². The summed E-state index contributed by atoms with van der Waals surface area (Å²) in [6, 6.07) is 23.3. The van der Waals surface area contributed by atoms with Crippen LogP contribution in [0.3, 0.4) is 0 Å². The topological polar surface area (TPSA) is 47.4 Å². The molecule has 3 aromatic rings. The average Bonchev–Trinajstić information content (AvgIpc) is 2.81. The molecule has 0 aliphatic heterocycles. The number of benzene rings is 3. The van der Waals surface area contributed by atoms with E-state index in [1.165, 1.54) is 12.1 Å². The van der Waals surface area contributed by atoms with E-state index in [4.69, 9.17) is 27.7 Å². The zero-order valence-corrected chi connectivity index (χ0v) is 17.8. The van der Waals surface area contributed by atoms with Gasteiger partial charge >= 0.3 is 0 Å². The molecule has 0 bridgehead atoms. The molecular formula is C24H21BrN2O3. The highest BCUT2D eigenvalue weighted by molar-refractivity contribution is 9.09. The van der Waals surface area contributed by atoms with Crippen molar-refractivity contribution in [3.63, 3.8) is 0 Å². The Kier molecular flexibility index (Phi) is 9.96. The molecular weight excluding hydrogens is 444 g/mol. The first kappa shape index (κ1) is 23.0. The second-order valence-corrected chi connectivity index (χ2v) is 6.77. The van der Waals surface area contributed by atoms with Crippen molar-refractivity contribution in [2.75, 3.05) is 11.9 Å². The minimum Gasteiger partial charge on any atom is -0.508 e. The molecule has 1 atom stereocenters. The Balaban J connectivity index is 0.000000297. The van der Waals surface area contributed by atoms with Crippen LogP contribution in [-0.4, -0.2) is 23.1 Å². The van der Waals surface area contributed by atoms with E-state index in [0.717, 1.165) is 11.3 Å². The predicted molar refractivity (Wildman–Crippen MR) is 121 cm³/mol. The van der Waals surface area contributed by atoms with E-state index in [1.807, 2.05) is 30.3 Å². The Morgan fingerprint density at radius 3 is 1.93 bits per heavy atom. The second kappa shape index (κ2) is 13.0. The van der Waals surface area contributed by atoms with E-state index in [1.54, 1.807) is 36.4 Å². The molecule has 0 amide bonds. The van der Waals surface area contributed by atoms with Gasteiger partial charge in [-0.3, -0.25) is 0 Å². The fourth-order valence-electron chi connectivity index (χ4n) is 2.26. The molecule has 0 spiro atoms. The first-order valence-corrected chi connectivity index (χ1v) is 10.2. The fraction of sp³-hybridized carbons (Fsp3) is 0.167. The lowest BCUT2D eigenvalue weighted by molar-refractivity contribution is 0.0251. The molecule has 5 nitrogen and oxygen atoms in total. The molecule has 0 heterocycles. The summed E-state index contributed by atoms with van der Waals surface area (Å²) in [6.07, 6.45) is -0.0225. The van der Waals surface area contributed by atoms with Crippen LogP contribution >= 0.6 is 15.9 Å². The fourth-order valence-corrected chi connectivity index (χ4v) is 2.63. The standard InChI is InChI=1S/C17H16BrNO2.C7H5NO/c1-19-15-7-9-16(10-8-15)21-13-17(11-18)20-12-14-5-3-2-4-6-14;1-8-6-2-4-7(9)5-3-6/h2-10,17H,11-13H2;2-5,9H. The highest BCUT2D eigenvalue weighted by Crippen LogP contribution is 2.18. The Morgan fingerprint density at radius 1 is 0.833 bits per heavy atom. The molecule has 152 valence electrons. The predicted octanol–water partition coefficient (Wildman–Crippen LogP) is 6.54. The van der Waals surface area contributed by atoms with Gasteiger partial charge < -0.3 is 14.6 Å². The summed E-state index contributed by atoms with van der Waals surface area (Å²) in [5.74, 6) is 0.944. The quantitative estimate of drug-likeness (QED) is 0.319. The van der Waals surface area contributed by atoms with E-state index >= 15 is 0 Å². The van der Waals surface area contributed by atoms with Crippen LogP contribution in [0.15, 0.2) is 78.9 Å². The number of rotatable bonds is 7. The molecule has 0 aliphatic rings. The van der Waals surface area contributed by atoms with Gasteiger partial charge in [0, 0.05) is 5.33 Å². The van der Waals surface area contributed by atoms with Gasteiger partial charge in [0.2, 0.25) is 0 Å². The lowest BCUT2D eigenvalue weighted by Crippen LogP contribution is -2.23. The van der Waals surface area contributed by atoms with Gasteiger partial charge in [0.05, 0.1) is 19.8 Å². The summed E-state index contributed by atoms with van der Waals surface area (Å²) < 4.78 is 11.5. The second-order valence-electron chi connectivity index (χ2n) is 6.12. The summed E-state index contributed by atoms with van der Waals surface area (Å²) in [5.41, 5.74) is 2.30. The molecule has 0 aromatic heterocycles. The van der Waals surface area contributed by atoms with Crippen molar-refractivity contribution in [3.05, 3.63) is 107 Å². The molecule has 0 aliphatic carbocycles. The van der Waals surface area contributed by atoms with E-state index in [0.29, 0.717) is 29.9 Å². The van der Waals surface area contributed by atoms with Crippen molar-refractivity contribution >= 4 is 27.3 Å². The lowest BCUT2D eigenvalue weighted by Gasteiger charge is -2.16. The van der Waals surface area contributed by atoms with Gasteiger partial charge in [0.25, 0.3) is 0 Å². The van der Waals surface area contributed by atoms with Crippen LogP contribution in [0.5, 0.6) is 11.5 Å². The highest BCUT2D eigenvalue weighted by Gasteiger charge is 2.09. The molecule has 1 N–H and O–H groups in total. The zero-order chi connectivity index (χ0) is 21.6. The Morgan fingerprint density at radius 2 is 1.40 bits per heavy atom. The zero-order valence-electron chi connectivity index (χ0n) is 16.2. The summed E-state index contributed by atoms with van der Waals surface area (Å²) in [6.45, 7) is 14.5. The van der Waals surface area contributed by atoms with Crippen molar-refractivity contribution in [1.29, 1.82) is 0 Å². The number of alkyl halides is 1. The molecule has 0 radical (unpaired) electrons. The van der Waals surface area contributed by atoms with Gasteiger partial charge in [0.1, 0.15) is 24.2 Å². The van der Waals surface area contributed by atoms with Crippen molar-refractivity contribution in [3.8, 4) is 11.5 Å². The number of nitrogens with zero attached hydrogens (tertiary/aromatic N) is 2. The van der Waals surface area contributed by atoms with Crippen LogP contribution in [0, 0.1) is 13.1 Å². The number of hydrogen-bond acceptors (Lipinski definition) is 3. The van der Waals surface area contributed by atoms with Crippen molar-refractivity contribution in [2.24, 2.45) is 0 Å². The van der Waals surface area contributed by atoms with Gasteiger partial charge in [-0.25, -0.2) is 9.69 Å². The maximum Gasteiger partial charge on any atom is 0.187 e. The van der Waals surface area contributed by atoms with Crippen LogP contribution in [0.1, 0.15) is 5.56 Å². The van der Waals surface area contributed by atoms with Crippen LogP contribution in [-0.2, 0) is 11.3 Å². The van der Waals surface area contributed by atoms with Crippen LogP contribution in [0.25, 0.3) is 9.69 Å². The summed E-state index contributed by atoms with van der Waals surface area (Å²) in [5, 5.41) is 9.46. The summed E-state index contributed by atoms with van der Waals surface area (Å²) in [7, 11) is 0. The van der Waals surface area contributed by atoms with Gasteiger partial charge in [-0.15, -0.1) is 0 Å². The minimum absolute atomic E-state index is 0.0225. The number of aromatic hydroxyl groups is 1. The maximum absolute atomic E-state index is 8.75. The maximum atomic E-state index is 8.75. The molecule has 3 aromatic carbocycles.